The summed E-state index contributed by atoms with van der Waals surface area (Å²) in [6.07, 6.45) is -4.17. The number of benzene rings is 1. The standard InChI is InChI=1S/C19H21IN6O5/c1-21-18(30)14(29)15-12(27)13(28)19(31-15)26-8-25-11-16(23-7-24-17(11)26)22-6-9-3-2-4-10(20)5-9/h2-5,7-8,12-15,19,27-29H,6H2,1H3,(H,21,30)(H,22,23,24)/t12-,13+,14?,15-,19+/m0/s1. The Hall–Kier alpha value is -2.39. The van der Waals surface area contributed by atoms with E-state index >= 15 is 0 Å². The fraction of sp³-hybridized carbons (Fsp3) is 0.368. The van der Waals surface area contributed by atoms with Crippen molar-refractivity contribution in [1.29, 1.82) is 0 Å². The lowest BCUT2D eigenvalue weighted by molar-refractivity contribution is -0.142. The first-order valence-electron chi connectivity index (χ1n) is 9.48. The average Bonchev–Trinajstić information content (AvgIpc) is 3.33. The van der Waals surface area contributed by atoms with E-state index in [1.165, 1.54) is 24.3 Å². The number of aliphatic hydroxyl groups is 3. The molecule has 1 saturated heterocycles. The van der Waals surface area contributed by atoms with Crippen LogP contribution in [-0.4, -0.2) is 72.2 Å². The van der Waals surface area contributed by atoms with Gasteiger partial charge in [-0.2, -0.15) is 0 Å². The summed E-state index contributed by atoms with van der Waals surface area (Å²) >= 11 is 2.24. The van der Waals surface area contributed by atoms with E-state index in [4.69, 9.17) is 4.74 Å². The molecule has 1 aromatic carbocycles. The van der Waals surface area contributed by atoms with Gasteiger partial charge in [0.2, 0.25) is 0 Å². The average molecular weight is 540 g/mol. The maximum absolute atomic E-state index is 11.7. The first-order valence-corrected chi connectivity index (χ1v) is 10.6. The Balaban J connectivity index is 1.58. The van der Waals surface area contributed by atoms with Crippen molar-refractivity contribution in [1.82, 2.24) is 24.8 Å². The maximum atomic E-state index is 11.7. The molecule has 0 spiro atoms. The molecule has 11 nitrogen and oxygen atoms in total. The number of ether oxygens (including phenoxy) is 1. The Morgan fingerprint density at radius 3 is 2.84 bits per heavy atom. The minimum absolute atomic E-state index is 0.367. The molecule has 1 unspecified atom stereocenters. The van der Waals surface area contributed by atoms with Crippen LogP contribution in [-0.2, 0) is 16.1 Å². The van der Waals surface area contributed by atoms with Crippen LogP contribution in [0.25, 0.3) is 11.2 Å². The third-order valence-corrected chi connectivity index (χ3v) is 5.75. The van der Waals surface area contributed by atoms with Gasteiger partial charge in [0.1, 0.15) is 24.6 Å². The molecular weight excluding hydrogens is 519 g/mol. The normalized spacial score (nSPS) is 24.3. The number of nitrogens with one attached hydrogen (secondary N) is 2. The summed E-state index contributed by atoms with van der Waals surface area (Å²) in [6, 6.07) is 8.02. The molecule has 164 valence electrons. The Kier molecular flexibility index (Phi) is 6.34. The fourth-order valence-electron chi connectivity index (χ4n) is 3.47. The Labute approximate surface area is 190 Å². The lowest BCUT2D eigenvalue weighted by Crippen LogP contribution is -2.46. The van der Waals surface area contributed by atoms with Crippen LogP contribution in [0.3, 0.4) is 0 Å². The monoisotopic (exact) mass is 540 g/mol. The summed E-state index contributed by atoms with van der Waals surface area (Å²) in [6.45, 7) is 0.525. The van der Waals surface area contributed by atoms with Crippen molar-refractivity contribution < 1.29 is 24.9 Å². The third-order valence-electron chi connectivity index (χ3n) is 5.08. The Morgan fingerprint density at radius 2 is 2.10 bits per heavy atom. The fourth-order valence-corrected chi connectivity index (χ4v) is 4.08. The number of hydrogen-bond donors (Lipinski definition) is 5. The molecule has 3 heterocycles. The molecule has 0 saturated carbocycles. The SMILES string of the molecule is CNC(=O)C(O)[C@H]1O[C@@H](n2cnc3c(NCc4cccc(I)c4)ncnc32)[C@H](O)[C@@H]1O. The molecule has 1 aliphatic heterocycles. The summed E-state index contributed by atoms with van der Waals surface area (Å²) in [5, 5.41) is 36.4. The third kappa shape index (κ3) is 4.21. The zero-order valence-corrected chi connectivity index (χ0v) is 18.5. The molecule has 12 heteroatoms. The van der Waals surface area contributed by atoms with Gasteiger partial charge in [0.15, 0.2) is 29.3 Å². The van der Waals surface area contributed by atoms with Gasteiger partial charge < -0.3 is 30.7 Å². The zero-order chi connectivity index (χ0) is 22.1. The van der Waals surface area contributed by atoms with Gasteiger partial charge in [0, 0.05) is 17.2 Å². The molecular formula is C19H21IN6O5. The lowest BCUT2D eigenvalue weighted by atomic mass is 10.1. The van der Waals surface area contributed by atoms with Crippen LogP contribution in [0.15, 0.2) is 36.9 Å². The largest absolute Gasteiger partial charge is 0.387 e. The summed E-state index contributed by atoms with van der Waals surface area (Å²) < 4.78 is 8.20. The minimum Gasteiger partial charge on any atom is -0.387 e. The van der Waals surface area contributed by atoms with Gasteiger partial charge in [-0.1, -0.05) is 12.1 Å². The second kappa shape index (κ2) is 9.00. The van der Waals surface area contributed by atoms with Crippen LogP contribution in [0, 0.1) is 3.57 Å². The maximum Gasteiger partial charge on any atom is 0.251 e. The number of halogens is 1. The van der Waals surface area contributed by atoms with Crippen LogP contribution in [0.4, 0.5) is 5.82 Å². The number of amides is 1. The number of fused-ring (bicyclic) bond motifs is 1. The number of aliphatic hydroxyl groups excluding tert-OH is 3. The van der Waals surface area contributed by atoms with Crippen molar-refractivity contribution in [2.75, 3.05) is 12.4 Å². The highest BCUT2D eigenvalue weighted by Crippen LogP contribution is 2.33. The van der Waals surface area contributed by atoms with Gasteiger partial charge >= 0.3 is 0 Å². The molecule has 1 aliphatic rings. The molecule has 5 atom stereocenters. The van der Waals surface area contributed by atoms with E-state index in [1.807, 2.05) is 24.3 Å². The Morgan fingerprint density at radius 1 is 1.29 bits per heavy atom. The van der Waals surface area contributed by atoms with Gasteiger partial charge in [0.05, 0.1) is 6.33 Å². The van der Waals surface area contributed by atoms with E-state index in [2.05, 4.69) is 48.2 Å². The lowest BCUT2D eigenvalue weighted by Gasteiger charge is -2.19. The topological polar surface area (TPSA) is 155 Å². The predicted molar refractivity (Wildman–Crippen MR) is 118 cm³/mol. The molecule has 1 fully saturated rings. The number of nitrogens with zero attached hydrogens (tertiary/aromatic N) is 4. The van der Waals surface area contributed by atoms with Crippen LogP contribution >= 0.6 is 22.6 Å². The number of rotatable bonds is 6. The summed E-state index contributed by atoms with van der Waals surface area (Å²) in [5.41, 5.74) is 1.89. The van der Waals surface area contributed by atoms with E-state index < -0.39 is 36.6 Å². The van der Waals surface area contributed by atoms with Gasteiger partial charge in [0.25, 0.3) is 5.91 Å². The zero-order valence-electron chi connectivity index (χ0n) is 16.4. The predicted octanol–water partition coefficient (Wildman–Crippen LogP) is -0.231. The smallest absolute Gasteiger partial charge is 0.251 e. The van der Waals surface area contributed by atoms with E-state index in [-0.39, 0.29) is 0 Å². The highest BCUT2D eigenvalue weighted by Gasteiger charge is 2.49. The van der Waals surface area contributed by atoms with Gasteiger partial charge in [-0.05, 0) is 40.3 Å². The first kappa shape index (κ1) is 21.8. The molecule has 5 N–H and O–H groups in total. The number of carbonyl (C=O) groups is 1. The highest BCUT2D eigenvalue weighted by molar-refractivity contribution is 14.1. The number of carbonyl (C=O) groups excluding carboxylic acids is 1. The number of aromatic nitrogens is 4. The number of likely N-dealkylation sites (N-methyl/N-ethyl adjacent to an activating group) is 1. The molecule has 31 heavy (non-hydrogen) atoms. The van der Waals surface area contributed by atoms with Crippen LogP contribution in [0.5, 0.6) is 0 Å². The molecule has 0 aliphatic carbocycles. The van der Waals surface area contributed by atoms with Crippen molar-refractivity contribution in [3.05, 3.63) is 46.1 Å². The molecule has 4 rings (SSSR count). The molecule has 2 aromatic heterocycles. The first-order chi connectivity index (χ1) is 14.9. The summed E-state index contributed by atoms with van der Waals surface area (Å²) in [7, 11) is 1.35. The molecule has 0 bridgehead atoms. The summed E-state index contributed by atoms with van der Waals surface area (Å²) in [4.78, 5) is 24.5. The van der Waals surface area contributed by atoms with Crippen LogP contribution < -0.4 is 10.6 Å². The molecule has 0 radical (unpaired) electrons. The van der Waals surface area contributed by atoms with Crippen LogP contribution in [0.2, 0.25) is 0 Å². The van der Waals surface area contributed by atoms with Crippen LogP contribution in [0.1, 0.15) is 11.8 Å². The number of imidazole rings is 1. The van der Waals surface area contributed by atoms with Crippen molar-refractivity contribution in [3.63, 3.8) is 0 Å². The molecule has 1 amide bonds. The van der Waals surface area contributed by atoms with E-state index in [9.17, 15) is 20.1 Å². The van der Waals surface area contributed by atoms with Gasteiger partial charge in [-0.25, -0.2) is 15.0 Å². The van der Waals surface area contributed by atoms with Crippen molar-refractivity contribution in [2.24, 2.45) is 0 Å². The minimum atomic E-state index is -1.64. The summed E-state index contributed by atoms with van der Waals surface area (Å²) in [5.74, 6) is -0.227. The molecule has 3 aromatic rings. The van der Waals surface area contributed by atoms with E-state index in [0.717, 1.165) is 9.13 Å². The van der Waals surface area contributed by atoms with Crippen molar-refractivity contribution in [2.45, 2.75) is 37.2 Å². The second-order valence-electron chi connectivity index (χ2n) is 7.06. The highest BCUT2D eigenvalue weighted by atomic mass is 127. The van der Waals surface area contributed by atoms with E-state index in [0.29, 0.717) is 23.5 Å². The quantitative estimate of drug-likeness (QED) is 0.267. The number of hydrogen-bond acceptors (Lipinski definition) is 9. The number of anilines is 1. The van der Waals surface area contributed by atoms with Crippen molar-refractivity contribution in [3.8, 4) is 0 Å². The van der Waals surface area contributed by atoms with E-state index in [1.54, 1.807) is 0 Å². The van der Waals surface area contributed by atoms with Gasteiger partial charge in [-0.15, -0.1) is 0 Å². The van der Waals surface area contributed by atoms with Gasteiger partial charge in [-0.3, -0.25) is 9.36 Å². The Bertz CT molecular complexity index is 1090. The second-order valence-corrected chi connectivity index (χ2v) is 8.31. The van der Waals surface area contributed by atoms with Crippen molar-refractivity contribution >= 4 is 45.5 Å².